The van der Waals surface area contributed by atoms with Gasteiger partial charge < -0.3 is 14.9 Å². The van der Waals surface area contributed by atoms with Gasteiger partial charge in [-0.3, -0.25) is 9.59 Å². The van der Waals surface area contributed by atoms with Crippen LogP contribution in [0.25, 0.3) is 0 Å². The second-order valence-corrected chi connectivity index (χ2v) is 4.11. The van der Waals surface area contributed by atoms with Gasteiger partial charge in [-0.1, -0.05) is 13.8 Å². The zero-order chi connectivity index (χ0) is 12.1. The quantitative estimate of drug-likeness (QED) is 0.708. The van der Waals surface area contributed by atoms with Crippen LogP contribution in [0.1, 0.15) is 20.3 Å². The van der Waals surface area contributed by atoms with Crippen LogP contribution in [0.15, 0.2) is 0 Å². The Balaban J connectivity index is 2.38. The zero-order valence-electron chi connectivity index (χ0n) is 9.98. The van der Waals surface area contributed by atoms with Gasteiger partial charge in [-0.15, -0.1) is 0 Å². The molecule has 1 N–H and O–H groups in total. The van der Waals surface area contributed by atoms with Crippen molar-refractivity contribution in [2.45, 2.75) is 20.3 Å². The van der Waals surface area contributed by atoms with Gasteiger partial charge in [0.25, 0.3) is 0 Å². The molecule has 0 spiro atoms. The van der Waals surface area contributed by atoms with Crippen molar-refractivity contribution >= 4 is 11.9 Å². The Morgan fingerprint density at radius 3 is 2.56 bits per heavy atom. The molecule has 1 fully saturated rings. The molecule has 1 rings (SSSR count). The summed E-state index contributed by atoms with van der Waals surface area (Å²) in [4.78, 5) is 26.2. The first-order valence-corrected chi connectivity index (χ1v) is 5.81. The number of likely N-dealkylation sites (N-methyl/N-ethyl adjacent to an activating group) is 1. The Hall–Kier alpha value is -1.10. The molecular formula is C11H20N2O3. The Morgan fingerprint density at radius 1 is 1.50 bits per heavy atom. The van der Waals surface area contributed by atoms with E-state index in [1.54, 1.807) is 4.90 Å². The molecule has 92 valence electrons. The second kappa shape index (κ2) is 5.84. The van der Waals surface area contributed by atoms with Gasteiger partial charge in [0, 0.05) is 26.1 Å². The van der Waals surface area contributed by atoms with Crippen molar-refractivity contribution in [3.8, 4) is 0 Å². The van der Waals surface area contributed by atoms with E-state index in [1.807, 2.05) is 0 Å². The van der Waals surface area contributed by atoms with Crippen LogP contribution in [0.2, 0.25) is 0 Å². The average Bonchev–Trinajstić information content (AvgIpc) is 2.62. The van der Waals surface area contributed by atoms with Crippen LogP contribution in [-0.4, -0.2) is 59.5 Å². The molecular weight excluding hydrogens is 208 g/mol. The molecule has 1 aliphatic rings. The fourth-order valence-electron chi connectivity index (χ4n) is 1.96. The molecule has 1 aliphatic heterocycles. The summed E-state index contributed by atoms with van der Waals surface area (Å²) in [7, 11) is 0. The number of carbonyl (C=O) groups excluding carboxylic acids is 1. The van der Waals surface area contributed by atoms with E-state index in [1.165, 1.54) is 0 Å². The summed E-state index contributed by atoms with van der Waals surface area (Å²) in [5.41, 5.74) is 0. The first kappa shape index (κ1) is 13.0. The summed E-state index contributed by atoms with van der Waals surface area (Å²) in [5, 5.41) is 8.83. The minimum absolute atomic E-state index is 0.0282. The maximum Gasteiger partial charge on any atom is 0.308 e. The smallest absolute Gasteiger partial charge is 0.308 e. The number of carboxylic acid groups (broad SMARTS) is 1. The minimum Gasteiger partial charge on any atom is -0.481 e. The van der Waals surface area contributed by atoms with Crippen LogP contribution >= 0.6 is 0 Å². The SMILES string of the molecule is CCN(CC)CCN1CC(C(=O)O)CC1=O. The van der Waals surface area contributed by atoms with Gasteiger partial charge in [0.15, 0.2) is 0 Å². The van der Waals surface area contributed by atoms with Crippen LogP contribution < -0.4 is 0 Å². The Kier molecular flexibility index (Phi) is 4.73. The van der Waals surface area contributed by atoms with Crippen LogP contribution in [0.4, 0.5) is 0 Å². The van der Waals surface area contributed by atoms with E-state index in [0.717, 1.165) is 19.6 Å². The molecule has 1 saturated heterocycles. The van der Waals surface area contributed by atoms with E-state index in [-0.39, 0.29) is 12.3 Å². The highest BCUT2D eigenvalue weighted by Crippen LogP contribution is 2.17. The van der Waals surface area contributed by atoms with Crippen LogP contribution in [-0.2, 0) is 9.59 Å². The van der Waals surface area contributed by atoms with Crippen molar-refractivity contribution in [2.75, 3.05) is 32.7 Å². The molecule has 5 nitrogen and oxygen atoms in total. The monoisotopic (exact) mass is 228 g/mol. The lowest BCUT2D eigenvalue weighted by Gasteiger charge is -2.22. The minimum atomic E-state index is -0.862. The van der Waals surface area contributed by atoms with E-state index in [9.17, 15) is 9.59 Å². The molecule has 1 heterocycles. The Morgan fingerprint density at radius 2 is 2.12 bits per heavy atom. The van der Waals surface area contributed by atoms with Gasteiger partial charge in [-0.25, -0.2) is 0 Å². The predicted molar refractivity (Wildman–Crippen MR) is 60.1 cm³/mol. The maximum absolute atomic E-state index is 11.5. The fraction of sp³-hybridized carbons (Fsp3) is 0.818. The molecule has 1 atom stereocenters. The highest BCUT2D eigenvalue weighted by atomic mass is 16.4. The maximum atomic E-state index is 11.5. The second-order valence-electron chi connectivity index (χ2n) is 4.11. The molecule has 0 bridgehead atoms. The van der Waals surface area contributed by atoms with Gasteiger partial charge in [0.05, 0.1) is 5.92 Å². The van der Waals surface area contributed by atoms with E-state index < -0.39 is 11.9 Å². The van der Waals surface area contributed by atoms with Crippen molar-refractivity contribution < 1.29 is 14.7 Å². The molecule has 1 amide bonds. The number of rotatable bonds is 6. The van der Waals surface area contributed by atoms with Crippen LogP contribution in [0.5, 0.6) is 0 Å². The molecule has 16 heavy (non-hydrogen) atoms. The van der Waals surface area contributed by atoms with Gasteiger partial charge in [0.2, 0.25) is 5.91 Å². The van der Waals surface area contributed by atoms with Crippen molar-refractivity contribution in [3.05, 3.63) is 0 Å². The summed E-state index contributed by atoms with van der Waals surface area (Å²) in [6, 6.07) is 0. The number of carboxylic acids is 1. The molecule has 1 unspecified atom stereocenters. The first-order valence-electron chi connectivity index (χ1n) is 5.81. The highest BCUT2D eigenvalue weighted by molar-refractivity contribution is 5.86. The van der Waals surface area contributed by atoms with Crippen molar-refractivity contribution in [1.29, 1.82) is 0 Å². The van der Waals surface area contributed by atoms with E-state index in [0.29, 0.717) is 13.1 Å². The fourth-order valence-corrected chi connectivity index (χ4v) is 1.96. The third-order valence-corrected chi connectivity index (χ3v) is 3.14. The van der Waals surface area contributed by atoms with Crippen LogP contribution in [0, 0.1) is 5.92 Å². The molecule has 0 saturated carbocycles. The molecule has 0 aliphatic carbocycles. The molecule has 0 aromatic rings. The third kappa shape index (κ3) is 3.20. The summed E-state index contributed by atoms with van der Waals surface area (Å²) >= 11 is 0. The summed E-state index contributed by atoms with van der Waals surface area (Å²) in [6.45, 7) is 7.91. The number of aliphatic carboxylic acids is 1. The number of amides is 1. The van der Waals surface area contributed by atoms with Gasteiger partial charge in [-0.2, -0.15) is 0 Å². The average molecular weight is 228 g/mol. The number of likely N-dealkylation sites (tertiary alicyclic amines) is 1. The lowest BCUT2D eigenvalue weighted by Crippen LogP contribution is -2.36. The van der Waals surface area contributed by atoms with Crippen molar-refractivity contribution in [1.82, 2.24) is 9.80 Å². The number of carbonyl (C=O) groups is 2. The number of hydrogen-bond acceptors (Lipinski definition) is 3. The van der Waals surface area contributed by atoms with Gasteiger partial charge >= 0.3 is 5.97 Å². The molecule has 0 aromatic heterocycles. The normalized spacial score (nSPS) is 20.8. The molecule has 5 heteroatoms. The lowest BCUT2D eigenvalue weighted by molar-refractivity contribution is -0.141. The number of hydrogen-bond donors (Lipinski definition) is 1. The van der Waals surface area contributed by atoms with Gasteiger partial charge in [-0.05, 0) is 13.1 Å². The van der Waals surface area contributed by atoms with E-state index in [4.69, 9.17) is 5.11 Å². The first-order chi connectivity index (χ1) is 7.58. The molecule has 0 aromatic carbocycles. The number of nitrogens with zero attached hydrogens (tertiary/aromatic N) is 2. The van der Waals surface area contributed by atoms with E-state index >= 15 is 0 Å². The summed E-state index contributed by atoms with van der Waals surface area (Å²) in [6.07, 6.45) is 0.160. The predicted octanol–water partition coefficient (Wildman–Crippen LogP) is 0.261. The van der Waals surface area contributed by atoms with E-state index in [2.05, 4.69) is 18.7 Å². The van der Waals surface area contributed by atoms with Crippen molar-refractivity contribution in [3.63, 3.8) is 0 Å². The summed E-state index contributed by atoms with van der Waals surface area (Å²) in [5.74, 6) is -1.40. The van der Waals surface area contributed by atoms with Gasteiger partial charge in [0.1, 0.15) is 0 Å². The van der Waals surface area contributed by atoms with Crippen LogP contribution in [0.3, 0.4) is 0 Å². The zero-order valence-corrected chi connectivity index (χ0v) is 9.98. The lowest BCUT2D eigenvalue weighted by atomic mass is 10.1. The topological polar surface area (TPSA) is 60.9 Å². The highest BCUT2D eigenvalue weighted by Gasteiger charge is 2.33. The standard InChI is InChI=1S/C11H20N2O3/c1-3-12(4-2)5-6-13-8-9(11(15)16)7-10(13)14/h9H,3-8H2,1-2H3,(H,15,16). The third-order valence-electron chi connectivity index (χ3n) is 3.14. The summed E-state index contributed by atoms with van der Waals surface area (Å²) < 4.78 is 0. The Labute approximate surface area is 96.0 Å². The Bertz CT molecular complexity index is 264. The van der Waals surface area contributed by atoms with Crippen molar-refractivity contribution in [2.24, 2.45) is 5.92 Å². The largest absolute Gasteiger partial charge is 0.481 e. The molecule has 0 radical (unpaired) electrons.